The molecule has 0 fully saturated rings. The fraction of sp³-hybridized carbons (Fsp3) is 0.774. The number of carbonyl (C=O) groups is 1. The number of hydrogen-bond acceptors (Lipinski definition) is 5. The summed E-state index contributed by atoms with van der Waals surface area (Å²) in [6.45, 7) is 6.70. The summed E-state index contributed by atoms with van der Waals surface area (Å²) in [4.78, 5) is 11.4. The van der Waals surface area contributed by atoms with Gasteiger partial charge in [-0.15, -0.1) is 0 Å². The van der Waals surface area contributed by atoms with E-state index in [2.05, 4.69) is 6.92 Å². The lowest BCUT2D eigenvalue weighted by atomic mass is 10.0. The molecule has 6 heteroatoms. The van der Waals surface area contributed by atoms with Gasteiger partial charge in [-0.3, -0.25) is 0 Å². The van der Waals surface area contributed by atoms with Crippen molar-refractivity contribution in [1.29, 1.82) is 0 Å². The highest BCUT2D eigenvalue weighted by atomic mass is 16.5. The van der Waals surface area contributed by atoms with E-state index in [-0.39, 0.29) is 30.6 Å². The molecule has 2 N–H and O–H groups in total. The first-order valence-corrected chi connectivity index (χ1v) is 14.9. The van der Waals surface area contributed by atoms with Gasteiger partial charge in [-0.05, 0) is 32.4 Å². The number of rotatable bonds is 25. The first-order valence-electron chi connectivity index (χ1n) is 14.9. The maximum atomic E-state index is 11.4. The van der Waals surface area contributed by atoms with Gasteiger partial charge in [0.05, 0.1) is 19.3 Å². The average Bonchev–Trinajstić information content (AvgIpc) is 2.86. The van der Waals surface area contributed by atoms with Crippen LogP contribution in [-0.2, 0) is 4.74 Å². The van der Waals surface area contributed by atoms with Crippen molar-refractivity contribution in [2.45, 2.75) is 136 Å². The van der Waals surface area contributed by atoms with E-state index in [0.29, 0.717) is 12.4 Å². The van der Waals surface area contributed by atoms with Crippen molar-refractivity contribution in [1.82, 2.24) is 0 Å². The van der Waals surface area contributed by atoms with Gasteiger partial charge in [0, 0.05) is 12.7 Å². The molecule has 0 spiro atoms. The van der Waals surface area contributed by atoms with Gasteiger partial charge < -0.3 is 24.4 Å². The topological polar surface area (TPSA) is 85.2 Å². The van der Waals surface area contributed by atoms with Crippen LogP contribution in [0.3, 0.4) is 0 Å². The molecule has 1 unspecified atom stereocenters. The molecule has 0 aliphatic heterocycles. The lowest BCUT2D eigenvalue weighted by molar-refractivity contribution is 0.0187. The zero-order valence-electron chi connectivity index (χ0n) is 23.8. The lowest BCUT2D eigenvalue weighted by Gasteiger charge is -2.19. The summed E-state index contributed by atoms with van der Waals surface area (Å²) in [5.74, 6) is -0.348. The van der Waals surface area contributed by atoms with Crippen LogP contribution in [0, 0.1) is 0 Å². The Morgan fingerprint density at radius 1 is 0.784 bits per heavy atom. The molecule has 0 saturated heterocycles. The largest absolute Gasteiger partial charge is 0.490 e. The standard InChI is InChI=1S/C31H54O6/c1-4-5-6-7-8-9-10-11-12-13-14-15-16-17-18-19-22-35-25-28(24-32)37-27-20-21-29(31(33)34)30(23-27)36-26(2)3/h20-21,23,26,28,32H,4-19,22,24-25H2,1-3H3,(H,33,34). The lowest BCUT2D eigenvalue weighted by Crippen LogP contribution is -2.27. The van der Waals surface area contributed by atoms with Gasteiger partial charge in [0.15, 0.2) is 0 Å². The Balaban J connectivity index is 2.05. The van der Waals surface area contributed by atoms with E-state index in [0.717, 1.165) is 12.8 Å². The van der Waals surface area contributed by atoms with E-state index in [9.17, 15) is 15.0 Å². The van der Waals surface area contributed by atoms with E-state index in [1.54, 1.807) is 12.1 Å². The third-order valence-corrected chi connectivity index (χ3v) is 6.50. The summed E-state index contributed by atoms with van der Waals surface area (Å²) in [5, 5.41) is 19.0. The monoisotopic (exact) mass is 522 g/mol. The highest BCUT2D eigenvalue weighted by Gasteiger charge is 2.16. The van der Waals surface area contributed by atoms with Crippen molar-refractivity contribution in [3.63, 3.8) is 0 Å². The first-order chi connectivity index (χ1) is 18.0. The molecule has 1 atom stereocenters. The molecule has 0 aromatic heterocycles. The van der Waals surface area contributed by atoms with E-state index >= 15 is 0 Å². The number of carboxylic acids is 1. The molecule has 0 radical (unpaired) electrons. The van der Waals surface area contributed by atoms with Crippen LogP contribution in [0.5, 0.6) is 11.5 Å². The van der Waals surface area contributed by atoms with Crippen molar-refractivity contribution in [2.24, 2.45) is 0 Å². The SMILES string of the molecule is CCCCCCCCCCCCCCCCCCOCC(CO)Oc1ccc(C(=O)O)c(OC(C)C)c1. The number of ether oxygens (including phenoxy) is 3. The Hall–Kier alpha value is -1.79. The molecule has 0 aliphatic carbocycles. The smallest absolute Gasteiger partial charge is 0.339 e. The van der Waals surface area contributed by atoms with Gasteiger partial charge in [-0.1, -0.05) is 103 Å². The van der Waals surface area contributed by atoms with E-state index in [1.165, 1.54) is 96.0 Å². The van der Waals surface area contributed by atoms with Crippen LogP contribution in [0.1, 0.15) is 134 Å². The van der Waals surface area contributed by atoms with Crippen molar-refractivity contribution in [3.05, 3.63) is 23.8 Å². The van der Waals surface area contributed by atoms with Crippen LogP contribution >= 0.6 is 0 Å². The predicted octanol–water partition coefficient (Wildman–Crippen LogP) is 8.19. The van der Waals surface area contributed by atoms with Gasteiger partial charge in [0.2, 0.25) is 0 Å². The van der Waals surface area contributed by atoms with Gasteiger partial charge in [0.1, 0.15) is 23.2 Å². The van der Waals surface area contributed by atoms with Crippen LogP contribution in [0.25, 0.3) is 0 Å². The highest BCUT2D eigenvalue weighted by Crippen LogP contribution is 2.27. The average molecular weight is 523 g/mol. The first kappa shape index (κ1) is 33.2. The maximum absolute atomic E-state index is 11.4. The second-order valence-corrected chi connectivity index (χ2v) is 10.4. The second-order valence-electron chi connectivity index (χ2n) is 10.4. The molecule has 0 amide bonds. The van der Waals surface area contributed by atoms with Gasteiger partial charge >= 0.3 is 5.97 Å². The fourth-order valence-electron chi connectivity index (χ4n) is 4.39. The van der Waals surface area contributed by atoms with Crippen LogP contribution < -0.4 is 9.47 Å². The molecule has 0 saturated carbocycles. The van der Waals surface area contributed by atoms with Crippen LogP contribution in [0.2, 0.25) is 0 Å². The Morgan fingerprint density at radius 2 is 1.30 bits per heavy atom. The number of aromatic carboxylic acids is 1. The van der Waals surface area contributed by atoms with E-state index < -0.39 is 12.1 Å². The third kappa shape index (κ3) is 17.4. The molecule has 1 aromatic rings. The Bertz CT molecular complexity index is 690. The number of unbranched alkanes of at least 4 members (excludes halogenated alkanes) is 15. The zero-order chi connectivity index (χ0) is 27.1. The molecular weight excluding hydrogens is 468 g/mol. The van der Waals surface area contributed by atoms with Gasteiger partial charge in [0.25, 0.3) is 0 Å². The summed E-state index contributed by atoms with van der Waals surface area (Å²) in [5.41, 5.74) is 0.0846. The molecule has 0 bridgehead atoms. The van der Waals surface area contributed by atoms with Crippen molar-refractivity contribution >= 4 is 5.97 Å². The fourth-order valence-corrected chi connectivity index (χ4v) is 4.39. The Labute approximate surface area is 226 Å². The molecule has 0 aliphatic rings. The minimum atomic E-state index is -1.05. The number of aliphatic hydroxyl groups is 1. The molecule has 1 aromatic carbocycles. The summed E-state index contributed by atoms with van der Waals surface area (Å²) < 4.78 is 17.1. The predicted molar refractivity (Wildman–Crippen MR) is 151 cm³/mol. The van der Waals surface area contributed by atoms with E-state index in [1.807, 2.05) is 13.8 Å². The number of benzene rings is 1. The van der Waals surface area contributed by atoms with Crippen LogP contribution in [-0.4, -0.2) is 48.2 Å². The van der Waals surface area contributed by atoms with Gasteiger partial charge in [-0.25, -0.2) is 4.79 Å². The number of aliphatic hydroxyl groups excluding tert-OH is 1. The van der Waals surface area contributed by atoms with Crippen molar-refractivity contribution in [2.75, 3.05) is 19.8 Å². The third-order valence-electron chi connectivity index (χ3n) is 6.50. The van der Waals surface area contributed by atoms with Crippen LogP contribution in [0.15, 0.2) is 18.2 Å². The molecule has 214 valence electrons. The quantitative estimate of drug-likeness (QED) is 0.126. The highest BCUT2D eigenvalue weighted by molar-refractivity contribution is 5.91. The van der Waals surface area contributed by atoms with E-state index in [4.69, 9.17) is 14.2 Å². The summed E-state index contributed by atoms with van der Waals surface area (Å²) in [7, 11) is 0. The zero-order valence-corrected chi connectivity index (χ0v) is 23.8. The summed E-state index contributed by atoms with van der Waals surface area (Å²) in [6.07, 6.45) is 20.8. The summed E-state index contributed by atoms with van der Waals surface area (Å²) in [6, 6.07) is 4.60. The molecular formula is C31H54O6. The van der Waals surface area contributed by atoms with Crippen LogP contribution in [0.4, 0.5) is 0 Å². The minimum Gasteiger partial charge on any atom is -0.490 e. The van der Waals surface area contributed by atoms with Crippen molar-refractivity contribution < 1.29 is 29.2 Å². The molecule has 0 heterocycles. The Morgan fingerprint density at radius 3 is 1.76 bits per heavy atom. The molecule has 6 nitrogen and oxygen atoms in total. The van der Waals surface area contributed by atoms with Gasteiger partial charge in [-0.2, -0.15) is 0 Å². The molecule has 37 heavy (non-hydrogen) atoms. The van der Waals surface area contributed by atoms with Crippen molar-refractivity contribution in [3.8, 4) is 11.5 Å². The Kier molecular flexibility index (Phi) is 20.0. The summed E-state index contributed by atoms with van der Waals surface area (Å²) >= 11 is 0. The second kappa shape index (κ2) is 22.2. The maximum Gasteiger partial charge on any atom is 0.339 e. The minimum absolute atomic E-state index is 0.0846. The molecule has 1 rings (SSSR count). The number of hydrogen-bond donors (Lipinski definition) is 2. The number of carboxylic acid groups (broad SMARTS) is 1. The normalized spacial score (nSPS) is 12.1.